The van der Waals surface area contributed by atoms with E-state index in [2.05, 4.69) is 4.98 Å². The number of halogens is 3. The molecule has 2 nitrogen and oxygen atoms in total. The quantitative estimate of drug-likeness (QED) is 0.756. The fourth-order valence-electron chi connectivity index (χ4n) is 1.38. The average Bonchev–Trinajstić information content (AvgIpc) is 2.26. The Morgan fingerprint density at radius 2 is 1.69 bits per heavy atom. The van der Waals surface area contributed by atoms with Gasteiger partial charge in [-0.25, -0.2) is 13.2 Å². The molecule has 0 aliphatic heterocycles. The number of nitrogen functional groups attached to an aromatic ring is 1. The van der Waals surface area contributed by atoms with E-state index >= 15 is 0 Å². The second kappa shape index (κ2) is 3.84. The molecule has 5 heteroatoms. The summed E-state index contributed by atoms with van der Waals surface area (Å²) in [5.41, 5.74) is 6.45. The number of benzene rings is 1. The fourth-order valence-corrected chi connectivity index (χ4v) is 1.38. The molecule has 0 amide bonds. The van der Waals surface area contributed by atoms with Gasteiger partial charge in [-0.15, -0.1) is 0 Å². The van der Waals surface area contributed by atoms with Crippen LogP contribution in [0.1, 0.15) is 0 Å². The van der Waals surface area contributed by atoms with E-state index in [-0.39, 0.29) is 11.3 Å². The van der Waals surface area contributed by atoms with Gasteiger partial charge < -0.3 is 5.73 Å². The standard InChI is InChI=1S/C11H7F3N2/c12-8-3-6(4-9(13)11(8)14)7-1-2-16-5-10(7)15/h1-5H,15H2. The van der Waals surface area contributed by atoms with Gasteiger partial charge in [0.25, 0.3) is 0 Å². The number of hydrogen-bond acceptors (Lipinski definition) is 2. The van der Waals surface area contributed by atoms with Crippen molar-refractivity contribution >= 4 is 5.69 Å². The maximum Gasteiger partial charge on any atom is 0.194 e. The summed E-state index contributed by atoms with van der Waals surface area (Å²) in [6, 6.07) is 3.29. The van der Waals surface area contributed by atoms with Crippen molar-refractivity contribution in [1.29, 1.82) is 0 Å². The van der Waals surface area contributed by atoms with E-state index < -0.39 is 17.5 Å². The summed E-state index contributed by atoms with van der Waals surface area (Å²) in [4.78, 5) is 3.75. The first kappa shape index (κ1) is 10.5. The first-order valence-electron chi connectivity index (χ1n) is 4.44. The zero-order valence-corrected chi connectivity index (χ0v) is 8.05. The first-order chi connectivity index (χ1) is 7.59. The highest BCUT2D eigenvalue weighted by molar-refractivity contribution is 5.75. The van der Waals surface area contributed by atoms with Gasteiger partial charge in [-0.3, -0.25) is 4.98 Å². The summed E-state index contributed by atoms with van der Waals surface area (Å²) in [5, 5.41) is 0. The molecule has 1 aromatic heterocycles. The lowest BCUT2D eigenvalue weighted by Crippen LogP contribution is -1.95. The van der Waals surface area contributed by atoms with Gasteiger partial charge in [0.1, 0.15) is 0 Å². The minimum atomic E-state index is -1.49. The zero-order chi connectivity index (χ0) is 11.7. The van der Waals surface area contributed by atoms with Gasteiger partial charge in [0.2, 0.25) is 0 Å². The maximum atomic E-state index is 13.0. The third-order valence-corrected chi connectivity index (χ3v) is 2.15. The highest BCUT2D eigenvalue weighted by Gasteiger charge is 2.12. The van der Waals surface area contributed by atoms with E-state index in [4.69, 9.17) is 5.73 Å². The van der Waals surface area contributed by atoms with Crippen LogP contribution in [0.3, 0.4) is 0 Å². The highest BCUT2D eigenvalue weighted by Crippen LogP contribution is 2.27. The van der Waals surface area contributed by atoms with Gasteiger partial charge in [0, 0.05) is 11.8 Å². The Morgan fingerprint density at radius 3 is 2.25 bits per heavy atom. The number of pyridine rings is 1. The molecule has 0 radical (unpaired) electrons. The Labute approximate surface area is 89.5 Å². The van der Waals surface area contributed by atoms with Crippen LogP contribution in [0.5, 0.6) is 0 Å². The number of anilines is 1. The third kappa shape index (κ3) is 1.71. The molecule has 0 aliphatic rings. The summed E-state index contributed by atoms with van der Waals surface area (Å²) in [6.07, 6.45) is 2.79. The predicted octanol–water partition coefficient (Wildman–Crippen LogP) is 2.75. The van der Waals surface area contributed by atoms with Crippen LogP contribution in [0, 0.1) is 17.5 Å². The van der Waals surface area contributed by atoms with E-state index in [1.54, 1.807) is 0 Å². The molecule has 1 heterocycles. The summed E-state index contributed by atoms with van der Waals surface area (Å²) in [5.74, 6) is -3.98. The van der Waals surface area contributed by atoms with E-state index in [1.165, 1.54) is 18.5 Å². The van der Waals surface area contributed by atoms with E-state index in [9.17, 15) is 13.2 Å². The van der Waals surface area contributed by atoms with Gasteiger partial charge in [-0.1, -0.05) is 0 Å². The molecule has 16 heavy (non-hydrogen) atoms. The summed E-state index contributed by atoms with van der Waals surface area (Å²) in [6.45, 7) is 0. The monoisotopic (exact) mass is 224 g/mol. The summed E-state index contributed by atoms with van der Waals surface area (Å²) >= 11 is 0. The third-order valence-electron chi connectivity index (χ3n) is 2.15. The Morgan fingerprint density at radius 1 is 1.06 bits per heavy atom. The molecule has 2 N–H and O–H groups in total. The van der Waals surface area contributed by atoms with Crippen LogP contribution in [0.25, 0.3) is 11.1 Å². The molecule has 1 aromatic carbocycles. The van der Waals surface area contributed by atoms with Crippen LogP contribution in [0.4, 0.5) is 18.9 Å². The topological polar surface area (TPSA) is 38.9 Å². The molecule has 0 saturated heterocycles. The highest BCUT2D eigenvalue weighted by atomic mass is 19.2. The van der Waals surface area contributed by atoms with Crippen molar-refractivity contribution in [2.75, 3.05) is 5.73 Å². The Kier molecular flexibility index (Phi) is 2.52. The summed E-state index contributed by atoms with van der Waals surface area (Å²) < 4.78 is 38.7. The molecule has 2 aromatic rings. The molecule has 0 bridgehead atoms. The van der Waals surface area contributed by atoms with Crippen molar-refractivity contribution in [2.24, 2.45) is 0 Å². The van der Waals surface area contributed by atoms with Gasteiger partial charge in [-0.2, -0.15) is 0 Å². The second-order valence-corrected chi connectivity index (χ2v) is 3.22. The Hall–Kier alpha value is -2.04. The SMILES string of the molecule is Nc1cnccc1-c1cc(F)c(F)c(F)c1. The lowest BCUT2D eigenvalue weighted by atomic mass is 10.1. The van der Waals surface area contributed by atoms with Crippen LogP contribution >= 0.6 is 0 Å². The molecule has 82 valence electrons. The molecule has 0 aliphatic carbocycles. The smallest absolute Gasteiger partial charge is 0.194 e. The van der Waals surface area contributed by atoms with Crippen molar-refractivity contribution in [3.05, 3.63) is 48.0 Å². The predicted molar refractivity (Wildman–Crippen MR) is 54.0 cm³/mol. The minimum absolute atomic E-state index is 0.177. The molecular formula is C11H7F3N2. The fraction of sp³-hybridized carbons (Fsp3) is 0. The average molecular weight is 224 g/mol. The molecule has 0 fully saturated rings. The Balaban J connectivity index is 2.62. The first-order valence-corrected chi connectivity index (χ1v) is 4.44. The van der Waals surface area contributed by atoms with E-state index in [1.807, 2.05) is 0 Å². The lowest BCUT2D eigenvalue weighted by molar-refractivity contribution is 0.448. The van der Waals surface area contributed by atoms with Crippen molar-refractivity contribution in [2.45, 2.75) is 0 Å². The van der Waals surface area contributed by atoms with E-state index in [0.29, 0.717) is 5.56 Å². The van der Waals surface area contributed by atoms with Crippen molar-refractivity contribution in [1.82, 2.24) is 4.98 Å². The van der Waals surface area contributed by atoms with Gasteiger partial charge in [0.15, 0.2) is 17.5 Å². The molecule has 0 atom stereocenters. The van der Waals surface area contributed by atoms with Gasteiger partial charge in [-0.05, 0) is 23.8 Å². The normalized spacial score (nSPS) is 10.4. The van der Waals surface area contributed by atoms with Crippen LogP contribution in [0.2, 0.25) is 0 Å². The van der Waals surface area contributed by atoms with Crippen molar-refractivity contribution in [3.8, 4) is 11.1 Å². The van der Waals surface area contributed by atoms with E-state index in [0.717, 1.165) is 12.1 Å². The minimum Gasteiger partial charge on any atom is -0.397 e. The molecule has 0 unspecified atom stereocenters. The van der Waals surface area contributed by atoms with Crippen LogP contribution < -0.4 is 5.73 Å². The number of nitrogens with zero attached hydrogens (tertiary/aromatic N) is 1. The maximum absolute atomic E-state index is 13.0. The molecular weight excluding hydrogens is 217 g/mol. The Bertz CT molecular complexity index is 517. The van der Waals surface area contributed by atoms with Gasteiger partial charge in [0.05, 0.1) is 11.9 Å². The van der Waals surface area contributed by atoms with Gasteiger partial charge >= 0.3 is 0 Å². The van der Waals surface area contributed by atoms with Crippen LogP contribution in [-0.4, -0.2) is 4.98 Å². The molecule has 0 saturated carbocycles. The van der Waals surface area contributed by atoms with Crippen molar-refractivity contribution < 1.29 is 13.2 Å². The molecule has 2 rings (SSSR count). The number of aromatic nitrogens is 1. The lowest BCUT2D eigenvalue weighted by Gasteiger charge is -2.05. The number of rotatable bonds is 1. The largest absolute Gasteiger partial charge is 0.397 e. The number of nitrogens with two attached hydrogens (primary N) is 1. The van der Waals surface area contributed by atoms with Crippen molar-refractivity contribution in [3.63, 3.8) is 0 Å². The zero-order valence-electron chi connectivity index (χ0n) is 8.05. The summed E-state index contributed by atoms with van der Waals surface area (Å²) in [7, 11) is 0. The van der Waals surface area contributed by atoms with Crippen LogP contribution in [0.15, 0.2) is 30.6 Å². The second-order valence-electron chi connectivity index (χ2n) is 3.22. The van der Waals surface area contributed by atoms with Crippen LogP contribution in [-0.2, 0) is 0 Å². The molecule has 0 spiro atoms. The number of hydrogen-bond donors (Lipinski definition) is 1.